The predicted octanol–water partition coefficient (Wildman–Crippen LogP) is 2.43. The zero-order valence-corrected chi connectivity index (χ0v) is 11.2. The van der Waals surface area contributed by atoms with Crippen molar-refractivity contribution in [1.29, 1.82) is 5.26 Å². The third-order valence-electron chi connectivity index (χ3n) is 4.07. The number of hydrogen-bond donors (Lipinski definition) is 1. The lowest BCUT2D eigenvalue weighted by Crippen LogP contribution is -2.38. The van der Waals surface area contributed by atoms with Gasteiger partial charge in [0.05, 0.1) is 11.3 Å². The van der Waals surface area contributed by atoms with Crippen LogP contribution in [-0.2, 0) is 0 Å². The van der Waals surface area contributed by atoms with Crippen LogP contribution in [-0.4, -0.2) is 19.6 Å². The summed E-state index contributed by atoms with van der Waals surface area (Å²) in [5.41, 5.74) is 8.84. The van der Waals surface area contributed by atoms with Crippen LogP contribution in [0, 0.1) is 24.2 Å². The quantitative estimate of drug-likeness (QED) is 0.887. The number of rotatable bonds is 3. The van der Waals surface area contributed by atoms with E-state index >= 15 is 0 Å². The van der Waals surface area contributed by atoms with Gasteiger partial charge in [-0.15, -0.1) is 0 Å². The first kappa shape index (κ1) is 12.9. The molecule has 2 atom stereocenters. The molecule has 3 nitrogen and oxygen atoms in total. The van der Waals surface area contributed by atoms with Gasteiger partial charge in [0, 0.05) is 13.1 Å². The molecule has 0 amide bonds. The fourth-order valence-electron chi connectivity index (χ4n) is 3.01. The Labute approximate surface area is 109 Å². The molecule has 96 valence electrons. The highest BCUT2D eigenvalue weighted by Crippen LogP contribution is 2.33. The van der Waals surface area contributed by atoms with Crippen molar-refractivity contribution in [3.05, 3.63) is 29.3 Å². The third-order valence-corrected chi connectivity index (χ3v) is 4.07. The fraction of sp³-hybridized carbons (Fsp3) is 0.533. The standard InChI is InChI=1S/C15H21N3/c1-11-6-7-13(10-17)15(8-11)18(2)14-5-3-4-12(14)9-16/h6-8,12,14H,3-5,9,16H2,1-2H3. The number of anilines is 1. The normalized spacial score (nSPS) is 22.8. The second kappa shape index (κ2) is 5.41. The first-order valence-electron chi connectivity index (χ1n) is 6.61. The van der Waals surface area contributed by atoms with Gasteiger partial charge in [-0.2, -0.15) is 5.26 Å². The van der Waals surface area contributed by atoms with Crippen LogP contribution in [0.1, 0.15) is 30.4 Å². The lowest BCUT2D eigenvalue weighted by atomic mass is 10.0. The molecule has 1 aromatic rings. The molecule has 2 N–H and O–H groups in total. The molecule has 1 fully saturated rings. The molecule has 18 heavy (non-hydrogen) atoms. The van der Waals surface area contributed by atoms with E-state index in [-0.39, 0.29) is 0 Å². The third kappa shape index (κ3) is 2.34. The topological polar surface area (TPSA) is 53.0 Å². The first-order valence-corrected chi connectivity index (χ1v) is 6.61. The highest BCUT2D eigenvalue weighted by molar-refractivity contribution is 5.61. The van der Waals surface area contributed by atoms with Gasteiger partial charge in [-0.3, -0.25) is 0 Å². The zero-order valence-electron chi connectivity index (χ0n) is 11.2. The van der Waals surface area contributed by atoms with Gasteiger partial charge in [0.15, 0.2) is 0 Å². The maximum Gasteiger partial charge on any atom is 0.101 e. The van der Waals surface area contributed by atoms with Gasteiger partial charge in [0.25, 0.3) is 0 Å². The van der Waals surface area contributed by atoms with E-state index in [1.54, 1.807) is 0 Å². The van der Waals surface area contributed by atoms with Gasteiger partial charge in [0.2, 0.25) is 0 Å². The molecule has 0 aliphatic heterocycles. The summed E-state index contributed by atoms with van der Waals surface area (Å²) in [6.07, 6.45) is 3.63. The maximum atomic E-state index is 9.22. The SMILES string of the molecule is Cc1ccc(C#N)c(N(C)C2CCCC2CN)c1. The van der Waals surface area contributed by atoms with E-state index in [1.807, 2.05) is 12.1 Å². The largest absolute Gasteiger partial charge is 0.370 e. The summed E-state index contributed by atoms with van der Waals surface area (Å²) in [6, 6.07) is 8.77. The van der Waals surface area contributed by atoms with Crippen LogP contribution in [0.3, 0.4) is 0 Å². The zero-order chi connectivity index (χ0) is 13.1. The van der Waals surface area contributed by atoms with E-state index < -0.39 is 0 Å². The minimum Gasteiger partial charge on any atom is -0.370 e. The van der Waals surface area contributed by atoms with E-state index in [4.69, 9.17) is 5.73 Å². The van der Waals surface area contributed by atoms with E-state index in [9.17, 15) is 5.26 Å². The smallest absolute Gasteiger partial charge is 0.101 e. The van der Waals surface area contributed by atoms with Crippen molar-refractivity contribution in [2.24, 2.45) is 11.7 Å². The number of nitrogens with two attached hydrogens (primary N) is 1. The first-order chi connectivity index (χ1) is 8.67. The van der Waals surface area contributed by atoms with E-state index in [0.29, 0.717) is 12.0 Å². The van der Waals surface area contributed by atoms with Crippen LogP contribution in [0.25, 0.3) is 0 Å². The molecule has 0 radical (unpaired) electrons. The van der Waals surface area contributed by atoms with Crippen molar-refractivity contribution < 1.29 is 0 Å². The summed E-state index contributed by atoms with van der Waals surface area (Å²) in [4.78, 5) is 2.26. The molecule has 0 bridgehead atoms. The lowest BCUT2D eigenvalue weighted by molar-refractivity contribution is 0.474. The van der Waals surface area contributed by atoms with Gasteiger partial charge in [-0.25, -0.2) is 0 Å². The second-order valence-corrected chi connectivity index (χ2v) is 5.24. The van der Waals surface area contributed by atoms with Crippen molar-refractivity contribution in [1.82, 2.24) is 0 Å². The molecule has 3 heteroatoms. The van der Waals surface area contributed by atoms with Crippen molar-refractivity contribution in [2.45, 2.75) is 32.2 Å². The van der Waals surface area contributed by atoms with Crippen LogP contribution in [0.5, 0.6) is 0 Å². The minimum atomic E-state index is 0.476. The molecule has 0 spiro atoms. The average molecular weight is 243 g/mol. The van der Waals surface area contributed by atoms with Crippen molar-refractivity contribution in [3.63, 3.8) is 0 Å². The van der Waals surface area contributed by atoms with Gasteiger partial charge in [-0.05, 0) is 49.9 Å². The van der Waals surface area contributed by atoms with E-state index in [2.05, 4.69) is 31.0 Å². The number of nitrogens with zero attached hydrogens (tertiary/aromatic N) is 2. The number of hydrogen-bond acceptors (Lipinski definition) is 3. The summed E-state index contributed by atoms with van der Waals surface area (Å²) in [6.45, 7) is 2.80. The van der Waals surface area contributed by atoms with Crippen molar-refractivity contribution in [2.75, 3.05) is 18.5 Å². The molecule has 1 aliphatic carbocycles. The molecule has 2 rings (SSSR count). The monoisotopic (exact) mass is 243 g/mol. The number of nitriles is 1. The Bertz CT molecular complexity index is 461. The molecule has 0 saturated heterocycles. The molecule has 0 aromatic heterocycles. The highest BCUT2D eigenvalue weighted by Gasteiger charge is 2.30. The lowest BCUT2D eigenvalue weighted by Gasteiger charge is -2.32. The fourth-order valence-corrected chi connectivity index (χ4v) is 3.01. The summed E-state index contributed by atoms with van der Waals surface area (Å²) < 4.78 is 0. The highest BCUT2D eigenvalue weighted by atomic mass is 15.1. The summed E-state index contributed by atoms with van der Waals surface area (Å²) in [7, 11) is 2.09. The van der Waals surface area contributed by atoms with Crippen LogP contribution in [0.15, 0.2) is 18.2 Å². The van der Waals surface area contributed by atoms with Gasteiger partial charge < -0.3 is 10.6 Å². The number of benzene rings is 1. The predicted molar refractivity (Wildman–Crippen MR) is 74.5 cm³/mol. The van der Waals surface area contributed by atoms with Gasteiger partial charge in [0.1, 0.15) is 6.07 Å². The van der Waals surface area contributed by atoms with Gasteiger partial charge in [-0.1, -0.05) is 12.5 Å². The Morgan fingerprint density at radius 2 is 2.22 bits per heavy atom. The maximum absolute atomic E-state index is 9.22. The Hall–Kier alpha value is -1.53. The molecule has 1 aromatic carbocycles. The van der Waals surface area contributed by atoms with Crippen LogP contribution in [0.4, 0.5) is 5.69 Å². The Balaban J connectivity index is 2.30. The van der Waals surface area contributed by atoms with Crippen molar-refractivity contribution in [3.8, 4) is 6.07 Å². The Morgan fingerprint density at radius 1 is 1.44 bits per heavy atom. The Kier molecular flexibility index (Phi) is 3.88. The second-order valence-electron chi connectivity index (χ2n) is 5.24. The summed E-state index contributed by atoms with van der Waals surface area (Å²) >= 11 is 0. The Morgan fingerprint density at radius 3 is 2.89 bits per heavy atom. The van der Waals surface area contributed by atoms with E-state index in [0.717, 1.165) is 17.8 Å². The minimum absolute atomic E-state index is 0.476. The summed E-state index contributed by atoms with van der Waals surface area (Å²) in [5.74, 6) is 0.557. The van der Waals surface area contributed by atoms with Crippen LogP contribution >= 0.6 is 0 Å². The summed E-state index contributed by atoms with van der Waals surface area (Å²) in [5, 5.41) is 9.22. The molecule has 1 aliphatic rings. The molecule has 0 heterocycles. The van der Waals surface area contributed by atoms with Crippen LogP contribution in [0.2, 0.25) is 0 Å². The molecule has 2 unspecified atom stereocenters. The molecular weight excluding hydrogens is 222 g/mol. The molecular formula is C15H21N3. The van der Waals surface area contributed by atoms with E-state index in [1.165, 1.54) is 24.8 Å². The van der Waals surface area contributed by atoms with Crippen molar-refractivity contribution >= 4 is 5.69 Å². The van der Waals surface area contributed by atoms with Crippen LogP contribution < -0.4 is 10.6 Å². The number of aryl methyl sites for hydroxylation is 1. The molecule has 1 saturated carbocycles. The van der Waals surface area contributed by atoms with Gasteiger partial charge >= 0.3 is 0 Å². The average Bonchev–Trinajstić information content (AvgIpc) is 2.86.